The Morgan fingerprint density at radius 2 is 2.19 bits per heavy atom. The number of fused-ring (bicyclic) bond motifs is 1. The molecule has 16 heavy (non-hydrogen) atoms. The van der Waals surface area contributed by atoms with Crippen molar-refractivity contribution in [2.24, 2.45) is 0 Å². The van der Waals surface area contributed by atoms with E-state index >= 15 is 0 Å². The van der Waals surface area contributed by atoms with Crippen LogP contribution in [0.4, 0.5) is 0 Å². The third-order valence-electron chi connectivity index (χ3n) is 2.57. The molecule has 0 atom stereocenters. The second-order valence-electron chi connectivity index (χ2n) is 3.53. The average Bonchev–Trinajstić information content (AvgIpc) is 2.68. The highest BCUT2D eigenvalue weighted by Gasteiger charge is 2.09. The molecule has 0 bridgehead atoms. The molecule has 0 saturated carbocycles. The van der Waals surface area contributed by atoms with E-state index in [1.807, 2.05) is 24.3 Å². The van der Waals surface area contributed by atoms with Crippen molar-refractivity contribution >= 4 is 16.9 Å². The monoisotopic (exact) mass is 219 g/mol. The van der Waals surface area contributed by atoms with Crippen LogP contribution in [-0.2, 0) is 22.7 Å². The summed E-state index contributed by atoms with van der Waals surface area (Å²) in [6.45, 7) is 0.131. The van der Waals surface area contributed by atoms with Crippen molar-refractivity contribution in [3.63, 3.8) is 0 Å². The minimum absolute atomic E-state index is 0.0330. The second kappa shape index (κ2) is 4.37. The van der Waals surface area contributed by atoms with Crippen molar-refractivity contribution in [3.8, 4) is 0 Å². The lowest BCUT2D eigenvalue weighted by molar-refractivity contribution is -0.141. The standard InChI is InChI=1S/C12H13NO3/c1-16-12(15)7-13-6-9(8-14)10-4-2-3-5-11(10)13/h2-6,14H,7-8H2,1H3. The predicted octanol–water partition coefficient (Wildman–Crippen LogP) is 1.31. The number of methoxy groups -OCH3 is 1. The minimum Gasteiger partial charge on any atom is -0.468 e. The maximum atomic E-state index is 11.2. The Kier molecular flexibility index (Phi) is 2.92. The number of aliphatic hydroxyl groups is 1. The quantitative estimate of drug-likeness (QED) is 0.792. The van der Waals surface area contributed by atoms with Gasteiger partial charge in [-0.2, -0.15) is 0 Å². The molecule has 84 valence electrons. The van der Waals surface area contributed by atoms with Crippen LogP contribution in [0, 0.1) is 0 Å². The number of ether oxygens (including phenoxy) is 1. The summed E-state index contributed by atoms with van der Waals surface area (Å²) in [6, 6.07) is 7.65. The smallest absolute Gasteiger partial charge is 0.325 e. The molecular formula is C12H13NO3. The fourth-order valence-corrected chi connectivity index (χ4v) is 1.78. The Morgan fingerprint density at radius 1 is 1.44 bits per heavy atom. The van der Waals surface area contributed by atoms with Gasteiger partial charge >= 0.3 is 5.97 Å². The highest BCUT2D eigenvalue weighted by atomic mass is 16.5. The molecule has 1 aromatic heterocycles. The van der Waals surface area contributed by atoms with E-state index < -0.39 is 0 Å². The fourth-order valence-electron chi connectivity index (χ4n) is 1.78. The van der Waals surface area contributed by atoms with Crippen molar-refractivity contribution in [2.75, 3.05) is 7.11 Å². The zero-order valence-corrected chi connectivity index (χ0v) is 9.01. The van der Waals surface area contributed by atoms with Crippen molar-refractivity contribution in [1.29, 1.82) is 0 Å². The highest BCUT2D eigenvalue weighted by molar-refractivity contribution is 5.85. The van der Waals surface area contributed by atoms with Gasteiger partial charge in [0.25, 0.3) is 0 Å². The third kappa shape index (κ3) is 1.79. The number of carbonyl (C=O) groups is 1. The molecule has 4 heteroatoms. The number of nitrogens with zero attached hydrogens (tertiary/aromatic N) is 1. The number of benzene rings is 1. The molecule has 0 fully saturated rings. The molecule has 2 rings (SSSR count). The Hall–Kier alpha value is -1.81. The van der Waals surface area contributed by atoms with Crippen molar-refractivity contribution < 1.29 is 14.6 Å². The number of rotatable bonds is 3. The summed E-state index contributed by atoms with van der Waals surface area (Å²) in [5.41, 5.74) is 1.75. The summed E-state index contributed by atoms with van der Waals surface area (Å²) in [5, 5.41) is 10.2. The van der Waals surface area contributed by atoms with Crippen LogP contribution < -0.4 is 0 Å². The van der Waals surface area contributed by atoms with Gasteiger partial charge in [0, 0.05) is 22.7 Å². The number of para-hydroxylation sites is 1. The maximum absolute atomic E-state index is 11.2. The molecular weight excluding hydrogens is 206 g/mol. The first-order valence-electron chi connectivity index (χ1n) is 5.00. The van der Waals surface area contributed by atoms with Gasteiger partial charge in [-0.15, -0.1) is 0 Å². The molecule has 0 aliphatic rings. The number of aromatic nitrogens is 1. The molecule has 0 aliphatic carbocycles. The molecule has 0 amide bonds. The van der Waals surface area contributed by atoms with Crippen LogP contribution in [0.5, 0.6) is 0 Å². The summed E-state index contributed by atoms with van der Waals surface area (Å²) in [5.74, 6) is -0.301. The van der Waals surface area contributed by atoms with E-state index in [2.05, 4.69) is 4.74 Å². The first-order valence-corrected chi connectivity index (χ1v) is 5.00. The zero-order chi connectivity index (χ0) is 11.5. The maximum Gasteiger partial charge on any atom is 0.325 e. The molecule has 0 spiro atoms. The van der Waals surface area contributed by atoms with Gasteiger partial charge in [-0.25, -0.2) is 0 Å². The molecule has 2 aromatic rings. The summed E-state index contributed by atoms with van der Waals surface area (Å²) in [6.07, 6.45) is 1.78. The molecule has 0 saturated heterocycles. The van der Waals surface area contributed by atoms with Gasteiger partial charge in [-0.3, -0.25) is 4.79 Å². The summed E-state index contributed by atoms with van der Waals surface area (Å²) < 4.78 is 6.41. The molecule has 0 radical (unpaired) electrons. The lowest BCUT2D eigenvalue weighted by Crippen LogP contribution is -2.10. The fraction of sp³-hybridized carbons (Fsp3) is 0.250. The third-order valence-corrected chi connectivity index (χ3v) is 2.57. The van der Waals surface area contributed by atoms with Crippen LogP contribution in [0.3, 0.4) is 0 Å². The summed E-state index contributed by atoms with van der Waals surface area (Å²) in [4.78, 5) is 11.2. The molecule has 1 heterocycles. The summed E-state index contributed by atoms with van der Waals surface area (Å²) in [7, 11) is 1.36. The summed E-state index contributed by atoms with van der Waals surface area (Å²) >= 11 is 0. The van der Waals surface area contributed by atoms with E-state index in [1.165, 1.54) is 7.11 Å². The van der Waals surface area contributed by atoms with Gasteiger partial charge in [0.2, 0.25) is 0 Å². The Balaban J connectivity index is 2.49. The van der Waals surface area contributed by atoms with Crippen LogP contribution >= 0.6 is 0 Å². The lowest BCUT2D eigenvalue weighted by atomic mass is 10.2. The lowest BCUT2D eigenvalue weighted by Gasteiger charge is -2.02. The van der Waals surface area contributed by atoms with Gasteiger partial charge in [0.05, 0.1) is 13.7 Å². The highest BCUT2D eigenvalue weighted by Crippen LogP contribution is 2.21. The zero-order valence-electron chi connectivity index (χ0n) is 9.01. The van der Waals surface area contributed by atoms with Crippen LogP contribution in [0.15, 0.2) is 30.5 Å². The van der Waals surface area contributed by atoms with E-state index in [1.54, 1.807) is 10.8 Å². The van der Waals surface area contributed by atoms with E-state index in [4.69, 9.17) is 0 Å². The van der Waals surface area contributed by atoms with Crippen LogP contribution in [-0.4, -0.2) is 22.8 Å². The number of hydrogen-bond acceptors (Lipinski definition) is 3. The van der Waals surface area contributed by atoms with Gasteiger partial charge in [-0.1, -0.05) is 18.2 Å². The normalized spacial score (nSPS) is 10.6. The minimum atomic E-state index is -0.301. The Morgan fingerprint density at radius 3 is 2.88 bits per heavy atom. The number of carbonyl (C=O) groups excluding carboxylic acids is 1. The molecule has 1 aromatic carbocycles. The Bertz CT molecular complexity index is 516. The van der Waals surface area contributed by atoms with Crippen molar-refractivity contribution in [2.45, 2.75) is 13.2 Å². The average molecular weight is 219 g/mol. The second-order valence-corrected chi connectivity index (χ2v) is 3.53. The van der Waals surface area contributed by atoms with Crippen LogP contribution in [0.2, 0.25) is 0 Å². The number of aliphatic hydroxyl groups excluding tert-OH is 1. The predicted molar refractivity (Wildman–Crippen MR) is 59.9 cm³/mol. The SMILES string of the molecule is COC(=O)Cn1cc(CO)c2ccccc21. The van der Waals surface area contributed by atoms with Crippen molar-refractivity contribution in [3.05, 3.63) is 36.0 Å². The molecule has 0 unspecified atom stereocenters. The molecule has 0 aliphatic heterocycles. The van der Waals surface area contributed by atoms with Crippen LogP contribution in [0.25, 0.3) is 10.9 Å². The largest absolute Gasteiger partial charge is 0.468 e. The molecule has 1 N–H and O–H groups in total. The Labute approximate surface area is 93.1 Å². The number of esters is 1. The first-order chi connectivity index (χ1) is 7.76. The van der Waals surface area contributed by atoms with E-state index in [9.17, 15) is 9.90 Å². The van der Waals surface area contributed by atoms with E-state index in [-0.39, 0.29) is 19.1 Å². The van der Waals surface area contributed by atoms with Crippen molar-refractivity contribution in [1.82, 2.24) is 4.57 Å². The topological polar surface area (TPSA) is 51.5 Å². The molecule has 4 nitrogen and oxygen atoms in total. The number of hydrogen-bond donors (Lipinski definition) is 1. The van der Waals surface area contributed by atoms with Gasteiger partial charge in [-0.05, 0) is 6.07 Å². The van der Waals surface area contributed by atoms with Gasteiger partial charge in [0.15, 0.2) is 0 Å². The van der Waals surface area contributed by atoms with Gasteiger partial charge in [0.1, 0.15) is 6.54 Å². The van der Waals surface area contributed by atoms with E-state index in [0.29, 0.717) is 0 Å². The van der Waals surface area contributed by atoms with E-state index in [0.717, 1.165) is 16.5 Å². The first kappa shape index (κ1) is 10.7. The van der Waals surface area contributed by atoms with Crippen LogP contribution in [0.1, 0.15) is 5.56 Å². The van der Waals surface area contributed by atoms with Gasteiger partial charge < -0.3 is 14.4 Å².